The first-order chi connectivity index (χ1) is 17.7. The summed E-state index contributed by atoms with van der Waals surface area (Å²) in [7, 11) is -2.86. The molecule has 1 aromatic heterocycles. The van der Waals surface area contributed by atoms with Crippen molar-refractivity contribution in [3.8, 4) is 11.9 Å². The van der Waals surface area contributed by atoms with Crippen molar-refractivity contribution in [3.05, 3.63) is 59.1 Å². The third-order valence-electron chi connectivity index (χ3n) is 6.24. The molecule has 2 aromatic rings. The van der Waals surface area contributed by atoms with Gasteiger partial charge in [0.1, 0.15) is 11.9 Å². The molecule has 2 aliphatic rings. The molecule has 4 rings (SSSR count). The number of nitrogens with zero attached hydrogens (tertiary/aromatic N) is 4. The van der Waals surface area contributed by atoms with Crippen molar-refractivity contribution in [3.63, 3.8) is 0 Å². The van der Waals surface area contributed by atoms with Crippen molar-refractivity contribution in [2.75, 3.05) is 16.7 Å². The molecule has 1 aliphatic heterocycles. The van der Waals surface area contributed by atoms with Crippen LogP contribution in [0.4, 0.5) is 37.8 Å². The van der Waals surface area contributed by atoms with E-state index in [1.54, 1.807) is 0 Å². The summed E-state index contributed by atoms with van der Waals surface area (Å²) in [5.41, 5.74) is -1.74. The molecule has 0 atom stereocenters. The SMILES string of the molecule is COc1ccc(NS(=O)(=O)c2ccc(N3C(N)=C(C#N)C(C(F)(F)F)(C(F)(F)F)C4=C3CCC4)cc2)nn1. The second-order valence-electron chi connectivity index (χ2n) is 8.29. The van der Waals surface area contributed by atoms with Crippen LogP contribution in [0.15, 0.2) is 64.0 Å². The average molecular weight is 560 g/mol. The van der Waals surface area contributed by atoms with Gasteiger partial charge in [0.05, 0.1) is 17.6 Å². The second kappa shape index (κ2) is 9.08. The minimum atomic E-state index is -5.88. The van der Waals surface area contributed by atoms with E-state index in [4.69, 9.17) is 10.5 Å². The molecule has 0 unspecified atom stereocenters. The number of sulfonamides is 1. The van der Waals surface area contributed by atoms with Crippen molar-refractivity contribution < 1.29 is 39.5 Å². The van der Waals surface area contributed by atoms with E-state index in [0.29, 0.717) is 0 Å². The number of methoxy groups -OCH3 is 1. The van der Waals surface area contributed by atoms with Gasteiger partial charge in [-0.05, 0) is 55.2 Å². The molecule has 16 heteroatoms. The van der Waals surface area contributed by atoms with Crippen LogP contribution in [0.1, 0.15) is 19.3 Å². The van der Waals surface area contributed by atoms with E-state index in [-0.39, 0.29) is 40.8 Å². The number of alkyl halides is 6. The van der Waals surface area contributed by atoms with Gasteiger partial charge in [-0.15, -0.1) is 10.2 Å². The smallest absolute Gasteiger partial charge is 0.411 e. The zero-order valence-electron chi connectivity index (χ0n) is 19.4. The van der Waals surface area contributed by atoms with Gasteiger partial charge in [0.2, 0.25) is 11.3 Å². The van der Waals surface area contributed by atoms with Crippen LogP contribution in [0.5, 0.6) is 5.88 Å². The molecule has 0 saturated carbocycles. The molecule has 202 valence electrons. The largest absolute Gasteiger partial charge is 0.480 e. The zero-order valence-corrected chi connectivity index (χ0v) is 20.2. The topological polar surface area (TPSA) is 134 Å². The summed E-state index contributed by atoms with van der Waals surface area (Å²) >= 11 is 0. The van der Waals surface area contributed by atoms with Crippen LogP contribution in [-0.4, -0.2) is 38.1 Å². The number of aromatic nitrogens is 2. The predicted octanol–water partition coefficient (Wildman–Crippen LogP) is 4.35. The molecule has 9 nitrogen and oxygen atoms in total. The lowest BCUT2D eigenvalue weighted by Crippen LogP contribution is -2.56. The zero-order chi connectivity index (χ0) is 28.1. The van der Waals surface area contributed by atoms with Crippen molar-refractivity contribution in [1.82, 2.24) is 10.2 Å². The maximum Gasteiger partial charge on any atom is 0.411 e. The van der Waals surface area contributed by atoms with Crippen LogP contribution >= 0.6 is 0 Å². The lowest BCUT2D eigenvalue weighted by molar-refractivity contribution is -0.310. The second-order valence-corrected chi connectivity index (χ2v) is 9.97. The standard InChI is InChI=1S/C22H18F6N6O3S/c1-37-18-10-9-17(31-32-18)33-38(35,36)13-7-5-12(6-8-13)34-16-4-2-3-14(16)20(21(23,24)25,22(26,27)28)15(11-29)19(34)30/h5-10H,2-4,30H2,1H3,(H,31,33). The van der Waals surface area contributed by atoms with Gasteiger partial charge in [0.25, 0.3) is 10.0 Å². The number of anilines is 2. The lowest BCUT2D eigenvalue weighted by Gasteiger charge is -2.44. The van der Waals surface area contributed by atoms with E-state index in [2.05, 4.69) is 14.9 Å². The maximum absolute atomic E-state index is 14.2. The number of hydrogen-bond donors (Lipinski definition) is 2. The Morgan fingerprint density at radius 3 is 2.18 bits per heavy atom. The summed E-state index contributed by atoms with van der Waals surface area (Å²) in [5.74, 6) is -1.03. The molecule has 2 heterocycles. The number of rotatable bonds is 5. The van der Waals surface area contributed by atoms with Crippen LogP contribution in [0.3, 0.4) is 0 Å². The first kappa shape index (κ1) is 27.0. The molecule has 0 spiro atoms. The van der Waals surface area contributed by atoms with Crippen LogP contribution in [0, 0.1) is 16.7 Å². The van der Waals surface area contributed by atoms with Crippen molar-refractivity contribution in [1.29, 1.82) is 5.26 Å². The molecule has 3 N–H and O–H groups in total. The van der Waals surface area contributed by atoms with Crippen LogP contribution in [0.2, 0.25) is 0 Å². The number of nitrogens with one attached hydrogen (secondary N) is 1. The molecule has 0 saturated heterocycles. The summed E-state index contributed by atoms with van der Waals surface area (Å²) in [6.07, 6.45) is -12.5. The fraction of sp³-hybridized carbons (Fsp3) is 0.318. The van der Waals surface area contributed by atoms with E-state index in [1.807, 2.05) is 0 Å². The monoisotopic (exact) mass is 560 g/mol. The van der Waals surface area contributed by atoms with Crippen LogP contribution in [-0.2, 0) is 10.0 Å². The molecular formula is C22H18F6N6O3S. The van der Waals surface area contributed by atoms with Gasteiger partial charge in [-0.25, -0.2) is 8.42 Å². The van der Waals surface area contributed by atoms with Gasteiger partial charge in [-0.1, -0.05) is 0 Å². The Morgan fingerprint density at radius 1 is 1.05 bits per heavy atom. The minimum absolute atomic E-state index is 0.0224. The molecule has 0 fully saturated rings. The molecule has 1 aromatic carbocycles. The van der Waals surface area contributed by atoms with Crippen LogP contribution < -0.4 is 20.1 Å². The number of benzene rings is 1. The fourth-order valence-corrected chi connectivity index (χ4v) is 5.65. The molecule has 0 amide bonds. The number of allylic oxidation sites excluding steroid dienone is 3. The van der Waals surface area contributed by atoms with E-state index in [9.17, 15) is 40.0 Å². The van der Waals surface area contributed by atoms with E-state index >= 15 is 0 Å². The highest BCUT2D eigenvalue weighted by molar-refractivity contribution is 7.92. The molecule has 0 radical (unpaired) electrons. The summed E-state index contributed by atoms with van der Waals surface area (Å²) in [4.78, 5) is 0.648. The minimum Gasteiger partial charge on any atom is -0.480 e. The average Bonchev–Trinajstić information content (AvgIpc) is 3.31. The number of nitriles is 1. The fourth-order valence-electron chi connectivity index (χ4n) is 4.66. The summed E-state index contributed by atoms with van der Waals surface area (Å²) in [5, 5.41) is 16.8. The van der Waals surface area contributed by atoms with Gasteiger partial charge >= 0.3 is 12.4 Å². The van der Waals surface area contributed by atoms with Gasteiger partial charge in [0.15, 0.2) is 5.82 Å². The van der Waals surface area contributed by atoms with Gasteiger partial charge in [-0.3, -0.25) is 9.62 Å². The quantitative estimate of drug-likeness (QED) is 0.516. The molecule has 0 bridgehead atoms. The Bertz CT molecular complexity index is 1450. The van der Waals surface area contributed by atoms with Crippen LogP contribution in [0.25, 0.3) is 0 Å². The van der Waals surface area contributed by atoms with E-state index < -0.39 is 51.2 Å². The number of hydrogen-bond acceptors (Lipinski definition) is 8. The number of ether oxygens (including phenoxy) is 1. The predicted molar refractivity (Wildman–Crippen MR) is 121 cm³/mol. The van der Waals surface area contributed by atoms with Crippen molar-refractivity contribution in [2.45, 2.75) is 36.5 Å². The normalized spacial score (nSPS) is 17.8. The first-order valence-corrected chi connectivity index (χ1v) is 12.2. The highest BCUT2D eigenvalue weighted by Gasteiger charge is 2.77. The van der Waals surface area contributed by atoms with Gasteiger partial charge < -0.3 is 10.5 Å². The Hall–Kier alpha value is -4.00. The third-order valence-corrected chi connectivity index (χ3v) is 7.61. The Kier molecular flexibility index (Phi) is 6.46. The van der Waals surface area contributed by atoms with Gasteiger partial charge in [0, 0.05) is 17.5 Å². The molecular weight excluding hydrogens is 542 g/mol. The van der Waals surface area contributed by atoms with E-state index in [1.165, 1.54) is 19.2 Å². The molecule has 1 aliphatic carbocycles. The van der Waals surface area contributed by atoms with Crippen molar-refractivity contribution >= 4 is 21.5 Å². The summed E-state index contributed by atoms with van der Waals surface area (Å²) < 4.78 is 118. The Morgan fingerprint density at radius 2 is 1.68 bits per heavy atom. The summed E-state index contributed by atoms with van der Waals surface area (Å²) in [6, 6.07) is 8.19. The van der Waals surface area contributed by atoms with E-state index in [0.717, 1.165) is 35.2 Å². The number of halogens is 6. The van der Waals surface area contributed by atoms with Crippen molar-refractivity contribution in [2.24, 2.45) is 11.1 Å². The third kappa shape index (κ3) is 4.06. The molecule has 38 heavy (non-hydrogen) atoms. The first-order valence-electron chi connectivity index (χ1n) is 10.8. The van der Waals surface area contributed by atoms with Gasteiger partial charge in [-0.2, -0.15) is 31.6 Å². The Balaban J connectivity index is 1.77. The maximum atomic E-state index is 14.2. The summed E-state index contributed by atoms with van der Waals surface area (Å²) in [6.45, 7) is 0. The Labute approximate surface area is 212 Å². The highest BCUT2D eigenvalue weighted by atomic mass is 32.2. The number of nitrogens with two attached hydrogens (primary N) is 1. The highest BCUT2D eigenvalue weighted by Crippen LogP contribution is 2.65. The lowest BCUT2D eigenvalue weighted by atomic mass is 9.69.